The van der Waals surface area contributed by atoms with Crippen LogP contribution in [0.1, 0.15) is 10.4 Å². The van der Waals surface area contributed by atoms with Gasteiger partial charge in [-0.3, -0.25) is 0 Å². The van der Waals surface area contributed by atoms with Crippen LogP contribution in [0.25, 0.3) is 21.8 Å². The fourth-order valence-corrected chi connectivity index (χ4v) is 2.94. The van der Waals surface area contributed by atoms with Gasteiger partial charge in [-0.25, -0.2) is 4.79 Å². The molecule has 22 heavy (non-hydrogen) atoms. The maximum atomic E-state index is 11.0. The third-order valence-corrected chi connectivity index (χ3v) is 4.13. The minimum atomic E-state index is -0.949. The molecule has 108 valence electrons. The van der Waals surface area contributed by atoms with Gasteiger partial charge in [0.25, 0.3) is 5.01 Å². The standard InChI is InChI=1S/C16H10N2O3S/c19-16(20)12-3-1-2-11(8-12)15-17-14(9-22-15)10-4-6-13(18-21)7-5-10/h1-9H,(H,19,20)/p+1. The van der Waals surface area contributed by atoms with E-state index in [4.69, 9.17) is 5.11 Å². The topological polar surface area (TPSA) is 80.9 Å². The second-order valence-electron chi connectivity index (χ2n) is 4.63. The van der Waals surface area contributed by atoms with Crippen molar-refractivity contribution in [3.05, 3.63) is 64.4 Å². The number of nitrogens with zero attached hydrogens (tertiary/aromatic N) is 1. The van der Waals surface area contributed by atoms with Crippen LogP contribution in [0.5, 0.6) is 0 Å². The lowest BCUT2D eigenvalue weighted by atomic mass is 10.1. The third kappa shape index (κ3) is 2.77. The highest BCUT2D eigenvalue weighted by atomic mass is 32.1. The van der Waals surface area contributed by atoms with Gasteiger partial charge < -0.3 is 5.11 Å². The molecular formula is C16H11N2O3S+. The van der Waals surface area contributed by atoms with Gasteiger partial charge in [0.1, 0.15) is 5.69 Å². The van der Waals surface area contributed by atoms with Crippen molar-refractivity contribution in [3.8, 4) is 21.8 Å². The first-order chi connectivity index (χ1) is 10.7. The maximum absolute atomic E-state index is 11.0. The number of nitrogens with one attached hydrogen (secondary N) is 1. The van der Waals surface area contributed by atoms with Gasteiger partial charge in [-0.05, 0) is 47.6 Å². The van der Waals surface area contributed by atoms with Crippen molar-refractivity contribution in [2.24, 2.45) is 5.18 Å². The predicted molar refractivity (Wildman–Crippen MR) is 84.2 cm³/mol. The van der Waals surface area contributed by atoms with E-state index in [2.05, 4.69) is 10.2 Å². The molecule has 0 fully saturated rings. The fourth-order valence-electron chi connectivity index (χ4n) is 2.07. The Morgan fingerprint density at radius 3 is 2.55 bits per heavy atom. The van der Waals surface area contributed by atoms with Crippen LogP contribution < -0.4 is 4.98 Å². The zero-order valence-corrected chi connectivity index (χ0v) is 12.1. The average Bonchev–Trinajstić information content (AvgIpc) is 3.05. The van der Waals surface area contributed by atoms with Crippen LogP contribution in [0.2, 0.25) is 0 Å². The average molecular weight is 311 g/mol. The molecule has 2 N–H and O–H groups in total. The summed E-state index contributed by atoms with van der Waals surface area (Å²) in [5, 5.41) is 14.7. The Labute approximate surface area is 129 Å². The molecule has 6 heteroatoms. The highest BCUT2D eigenvalue weighted by Gasteiger charge is 2.15. The number of carbonyl (C=O) groups is 1. The molecule has 0 spiro atoms. The van der Waals surface area contributed by atoms with E-state index in [-0.39, 0.29) is 5.56 Å². The minimum absolute atomic E-state index is 0.252. The lowest BCUT2D eigenvalue weighted by Gasteiger charge is -1.95. The molecule has 3 rings (SSSR count). The zero-order valence-electron chi connectivity index (χ0n) is 11.3. The summed E-state index contributed by atoms with van der Waals surface area (Å²) < 4.78 is 0. The Kier molecular flexibility index (Phi) is 3.76. The molecule has 0 saturated heterocycles. The van der Waals surface area contributed by atoms with Gasteiger partial charge in [-0.15, -0.1) is 4.91 Å². The van der Waals surface area contributed by atoms with Crippen LogP contribution in [0, 0.1) is 4.91 Å². The first-order valence-electron chi connectivity index (χ1n) is 6.46. The van der Waals surface area contributed by atoms with Gasteiger partial charge in [-0.2, -0.15) is 4.98 Å². The number of rotatable bonds is 4. The Bertz CT molecular complexity index is 841. The lowest BCUT2D eigenvalue weighted by molar-refractivity contribution is -0.344. The van der Waals surface area contributed by atoms with Gasteiger partial charge in [0.05, 0.1) is 16.5 Å². The van der Waals surface area contributed by atoms with E-state index in [0.29, 0.717) is 5.69 Å². The Hall–Kier alpha value is -2.86. The summed E-state index contributed by atoms with van der Waals surface area (Å²) in [6.07, 6.45) is 0. The molecule has 0 atom stereocenters. The van der Waals surface area contributed by atoms with Gasteiger partial charge in [0.2, 0.25) is 5.69 Å². The van der Waals surface area contributed by atoms with Gasteiger partial charge in [0, 0.05) is 5.56 Å². The van der Waals surface area contributed by atoms with E-state index >= 15 is 0 Å². The summed E-state index contributed by atoms with van der Waals surface area (Å²) in [7, 11) is 0. The molecule has 5 nitrogen and oxygen atoms in total. The minimum Gasteiger partial charge on any atom is -0.478 e. The molecular weight excluding hydrogens is 300 g/mol. The lowest BCUT2D eigenvalue weighted by Crippen LogP contribution is -2.05. The molecule has 0 aliphatic heterocycles. The predicted octanol–water partition coefficient (Wildman–Crippen LogP) is 3.99. The van der Waals surface area contributed by atoms with Gasteiger partial charge in [-0.1, -0.05) is 17.4 Å². The smallest absolute Gasteiger partial charge is 0.335 e. The molecule has 0 unspecified atom stereocenters. The van der Waals surface area contributed by atoms with Crippen molar-refractivity contribution in [2.45, 2.75) is 0 Å². The third-order valence-electron chi connectivity index (χ3n) is 3.20. The normalized spacial score (nSPS) is 10.4. The van der Waals surface area contributed by atoms with E-state index < -0.39 is 5.97 Å². The summed E-state index contributed by atoms with van der Waals surface area (Å²) in [4.78, 5) is 24.7. The van der Waals surface area contributed by atoms with Crippen LogP contribution in [-0.2, 0) is 0 Å². The highest BCUT2D eigenvalue weighted by Crippen LogP contribution is 2.26. The molecule has 1 aromatic heterocycles. The summed E-state index contributed by atoms with van der Waals surface area (Å²) >= 11 is 1.49. The first kappa shape index (κ1) is 14.1. The number of carboxylic acids is 1. The molecule has 2 aromatic carbocycles. The number of hydrogen-bond acceptors (Lipinski definition) is 4. The van der Waals surface area contributed by atoms with Crippen LogP contribution in [-0.4, -0.2) is 11.1 Å². The molecule has 0 amide bonds. The first-order valence-corrected chi connectivity index (χ1v) is 7.33. The van der Waals surface area contributed by atoms with Crippen molar-refractivity contribution in [1.29, 1.82) is 0 Å². The number of thiazole rings is 1. The largest absolute Gasteiger partial charge is 0.478 e. The van der Waals surface area contributed by atoms with Crippen molar-refractivity contribution >= 4 is 23.0 Å². The summed E-state index contributed by atoms with van der Waals surface area (Å²) in [5.41, 5.74) is 3.29. The van der Waals surface area contributed by atoms with Crippen LogP contribution in [0.4, 0.5) is 5.69 Å². The molecule has 0 aliphatic rings. The van der Waals surface area contributed by atoms with E-state index in [1.807, 2.05) is 23.6 Å². The van der Waals surface area contributed by atoms with Gasteiger partial charge >= 0.3 is 5.97 Å². The Morgan fingerprint density at radius 2 is 1.86 bits per heavy atom. The number of hydrogen-bond donors (Lipinski definition) is 1. The number of nitroso groups, excluding NO2 is 1. The van der Waals surface area contributed by atoms with E-state index in [9.17, 15) is 9.70 Å². The quantitative estimate of drug-likeness (QED) is 0.740. The van der Waals surface area contributed by atoms with E-state index in [0.717, 1.165) is 21.8 Å². The van der Waals surface area contributed by atoms with E-state index in [1.165, 1.54) is 11.3 Å². The van der Waals surface area contributed by atoms with Crippen molar-refractivity contribution in [3.63, 3.8) is 0 Å². The highest BCUT2D eigenvalue weighted by molar-refractivity contribution is 7.12. The van der Waals surface area contributed by atoms with Crippen molar-refractivity contribution < 1.29 is 14.9 Å². The molecule has 0 radical (unpaired) electrons. The molecule has 0 bridgehead atoms. The van der Waals surface area contributed by atoms with Crippen LogP contribution in [0.3, 0.4) is 0 Å². The van der Waals surface area contributed by atoms with Crippen molar-refractivity contribution in [1.82, 2.24) is 0 Å². The summed E-state index contributed by atoms with van der Waals surface area (Å²) in [5.74, 6) is -0.949. The van der Waals surface area contributed by atoms with Gasteiger partial charge in [0.15, 0.2) is 0 Å². The number of aromatic carboxylic acids is 1. The number of carboxylic acid groups (broad SMARTS) is 1. The summed E-state index contributed by atoms with van der Waals surface area (Å²) in [6.45, 7) is 0. The van der Waals surface area contributed by atoms with E-state index in [1.54, 1.807) is 30.3 Å². The SMILES string of the molecule is O=Nc1ccc(-c2csc(-c3cccc(C(=O)O)c3)[nH+]2)cc1. The fraction of sp³-hybridized carbons (Fsp3) is 0. The number of aromatic amines is 1. The number of benzene rings is 2. The number of aromatic nitrogens is 1. The molecule has 1 heterocycles. The van der Waals surface area contributed by atoms with Crippen LogP contribution >= 0.6 is 11.3 Å². The molecule has 0 saturated carbocycles. The second-order valence-corrected chi connectivity index (χ2v) is 5.51. The Morgan fingerprint density at radius 1 is 1.09 bits per heavy atom. The zero-order chi connectivity index (χ0) is 15.5. The number of H-pyrrole nitrogens is 1. The second kappa shape index (κ2) is 5.87. The summed E-state index contributed by atoms with van der Waals surface area (Å²) in [6, 6.07) is 13.7. The monoisotopic (exact) mass is 311 g/mol. The molecule has 0 aliphatic carbocycles. The maximum Gasteiger partial charge on any atom is 0.335 e. The van der Waals surface area contributed by atoms with Crippen LogP contribution in [0.15, 0.2) is 59.1 Å². The molecule has 3 aromatic rings. The Balaban J connectivity index is 1.94. The van der Waals surface area contributed by atoms with Crippen molar-refractivity contribution in [2.75, 3.05) is 0 Å².